The van der Waals surface area contributed by atoms with E-state index < -0.39 is 10.7 Å². The van der Waals surface area contributed by atoms with Gasteiger partial charge < -0.3 is 5.11 Å². The lowest BCUT2D eigenvalue weighted by Crippen LogP contribution is -2.06. The summed E-state index contributed by atoms with van der Waals surface area (Å²) in [6.07, 6.45) is 0. The Hall–Kier alpha value is -2.70. The average Bonchev–Trinajstić information content (AvgIpc) is 2.62. The lowest BCUT2D eigenvalue weighted by molar-refractivity contribution is -0.385. The van der Waals surface area contributed by atoms with Crippen LogP contribution in [0.5, 0.6) is 5.88 Å². The fourth-order valence-electron chi connectivity index (χ4n) is 1.87. The molecule has 7 nitrogen and oxygen atoms in total. The Morgan fingerprint density at radius 3 is 2.58 bits per heavy atom. The van der Waals surface area contributed by atoms with Crippen molar-refractivity contribution in [3.05, 3.63) is 51.2 Å². The number of aromatic nitrogens is 2. The molecule has 19 heavy (non-hydrogen) atoms. The highest BCUT2D eigenvalue weighted by Gasteiger charge is 2.26. The van der Waals surface area contributed by atoms with Gasteiger partial charge in [-0.3, -0.25) is 14.9 Å². The van der Waals surface area contributed by atoms with Crippen molar-refractivity contribution in [2.75, 3.05) is 0 Å². The Morgan fingerprint density at radius 1 is 1.42 bits per heavy atom. The number of rotatable bonds is 3. The normalized spacial score (nSPS) is 10.4. The van der Waals surface area contributed by atoms with E-state index in [0.717, 1.165) is 4.68 Å². The Labute approximate surface area is 108 Å². The van der Waals surface area contributed by atoms with Crippen molar-refractivity contribution < 1.29 is 14.8 Å². The number of para-hydroxylation sites is 1. The zero-order valence-electron chi connectivity index (χ0n) is 10.3. The maximum Gasteiger partial charge on any atom is 0.280 e. The third-order valence-corrected chi connectivity index (χ3v) is 2.76. The van der Waals surface area contributed by atoms with E-state index in [1.54, 1.807) is 6.92 Å². The molecule has 0 bridgehead atoms. The number of benzene rings is 1. The highest BCUT2D eigenvalue weighted by atomic mass is 16.6. The van der Waals surface area contributed by atoms with E-state index in [0.29, 0.717) is 5.69 Å². The first-order valence-electron chi connectivity index (χ1n) is 5.44. The van der Waals surface area contributed by atoms with Crippen LogP contribution in [0.2, 0.25) is 0 Å². The van der Waals surface area contributed by atoms with Gasteiger partial charge in [0.1, 0.15) is 11.1 Å². The first-order chi connectivity index (χ1) is 8.93. The van der Waals surface area contributed by atoms with E-state index >= 15 is 0 Å². The second-order valence-corrected chi connectivity index (χ2v) is 4.01. The molecule has 0 amide bonds. The van der Waals surface area contributed by atoms with Gasteiger partial charge in [-0.25, -0.2) is 4.68 Å². The van der Waals surface area contributed by atoms with Gasteiger partial charge in [-0.05, 0) is 13.0 Å². The van der Waals surface area contributed by atoms with Crippen LogP contribution in [0.15, 0.2) is 24.3 Å². The Kier molecular flexibility index (Phi) is 3.04. The third-order valence-electron chi connectivity index (χ3n) is 2.76. The van der Waals surface area contributed by atoms with Gasteiger partial charge in [0.2, 0.25) is 11.7 Å². The number of carbonyl (C=O) groups excluding carboxylic acids is 1. The second-order valence-electron chi connectivity index (χ2n) is 4.01. The predicted octanol–water partition coefficient (Wildman–Crippen LogP) is 1.57. The van der Waals surface area contributed by atoms with Crippen molar-refractivity contribution >= 4 is 11.5 Å². The molecule has 1 heterocycles. The Balaban J connectivity index is 2.60. The predicted molar refractivity (Wildman–Crippen MR) is 66.1 cm³/mol. The molecule has 0 unspecified atom stereocenters. The third kappa shape index (κ3) is 2.05. The van der Waals surface area contributed by atoms with Gasteiger partial charge in [-0.2, -0.15) is 5.10 Å². The molecule has 98 valence electrons. The number of aromatic hydroxyl groups is 1. The largest absolute Gasteiger partial charge is 0.493 e. The lowest BCUT2D eigenvalue weighted by Gasteiger charge is -2.02. The van der Waals surface area contributed by atoms with E-state index in [1.165, 1.54) is 31.3 Å². The summed E-state index contributed by atoms with van der Waals surface area (Å²) >= 11 is 0. The Bertz CT molecular complexity index is 676. The van der Waals surface area contributed by atoms with Gasteiger partial charge >= 0.3 is 0 Å². The van der Waals surface area contributed by atoms with Crippen LogP contribution in [0.25, 0.3) is 0 Å². The number of nitrogens with zero attached hydrogens (tertiary/aromatic N) is 3. The molecular weight excluding hydrogens is 250 g/mol. The summed E-state index contributed by atoms with van der Waals surface area (Å²) in [5, 5.41) is 24.6. The molecule has 7 heteroatoms. The van der Waals surface area contributed by atoms with Gasteiger partial charge in [0, 0.05) is 13.1 Å². The zero-order valence-corrected chi connectivity index (χ0v) is 10.3. The highest BCUT2D eigenvalue weighted by Crippen LogP contribution is 2.27. The van der Waals surface area contributed by atoms with Crippen LogP contribution in [0.1, 0.15) is 21.6 Å². The first-order valence-corrected chi connectivity index (χ1v) is 5.44. The molecule has 0 spiro atoms. The highest BCUT2D eigenvalue weighted by molar-refractivity contribution is 6.13. The molecule has 2 aromatic rings. The van der Waals surface area contributed by atoms with Crippen LogP contribution in [0.3, 0.4) is 0 Å². The van der Waals surface area contributed by atoms with Crippen LogP contribution < -0.4 is 0 Å². The van der Waals surface area contributed by atoms with Crippen molar-refractivity contribution in [2.24, 2.45) is 7.05 Å². The molecule has 1 N–H and O–H groups in total. The molecular formula is C12H11N3O4. The molecule has 1 aromatic heterocycles. The molecule has 0 aliphatic rings. The molecule has 2 rings (SSSR count). The van der Waals surface area contributed by atoms with E-state index in [1.807, 2.05) is 0 Å². The maximum atomic E-state index is 12.3. The van der Waals surface area contributed by atoms with Crippen LogP contribution in [-0.4, -0.2) is 25.6 Å². The summed E-state index contributed by atoms with van der Waals surface area (Å²) in [5.74, 6) is -0.920. The first kappa shape index (κ1) is 12.7. The SMILES string of the molecule is Cc1nn(C)c(O)c1C(=O)c1ccccc1[N+](=O)[O-]. The number of ketones is 1. The quantitative estimate of drug-likeness (QED) is 0.513. The molecule has 0 atom stereocenters. The van der Waals surface area contributed by atoms with Crippen molar-refractivity contribution in [1.29, 1.82) is 0 Å². The fourth-order valence-corrected chi connectivity index (χ4v) is 1.87. The second kappa shape index (κ2) is 4.52. The molecule has 0 radical (unpaired) electrons. The number of carbonyl (C=O) groups is 1. The molecule has 0 aliphatic carbocycles. The van der Waals surface area contributed by atoms with Crippen molar-refractivity contribution in [3.63, 3.8) is 0 Å². The van der Waals surface area contributed by atoms with Crippen LogP contribution in [0.4, 0.5) is 5.69 Å². The minimum Gasteiger partial charge on any atom is -0.493 e. The smallest absolute Gasteiger partial charge is 0.280 e. The zero-order chi connectivity index (χ0) is 14.2. The monoisotopic (exact) mass is 261 g/mol. The molecule has 0 fully saturated rings. The van der Waals surface area contributed by atoms with Crippen molar-refractivity contribution in [1.82, 2.24) is 9.78 Å². The topological polar surface area (TPSA) is 98.3 Å². The average molecular weight is 261 g/mol. The Morgan fingerprint density at radius 2 is 2.05 bits per heavy atom. The number of nitro benzene ring substituents is 1. The van der Waals surface area contributed by atoms with Crippen LogP contribution in [0, 0.1) is 17.0 Å². The van der Waals surface area contributed by atoms with E-state index in [4.69, 9.17) is 0 Å². The lowest BCUT2D eigenvalue weighted by atomic mass is 10.0. The molecule has 0 saturated carbocycles. The van der Waals surface area contributed by atoms with Gasteiger partial charge in [0.05, 0.1) is 10.6 Å². The molecule has 0 saturated heterocycles. The van der Waals surface area contributed by atoms with Gasteiger partial charge in [-0.1, -0.05) is 12.1 Å². The fraction of sp³-hybridized carbons (Fsp3) is 0.167. The number of nitro groups is 1. The summed E-state index contributed by atoms with van der Waals surface area (Å²) in [6.45, 7) is 1.56. The summed E-state index contributed by atoms with van der Waals surface area (Å²) < 4.78 is 1.15. The molecule has 1 aromatic carbocycles. The van der Waals surface area contributed by atoms with E-state index in [-0.39, 0.29) is 22.7 Å². The van der Waals surface area contributed by atoms with Crippen molar-refractivity contribution in [2.45, 2.75) is 6.92 Å². The standard InChI is InChI=1S/C12H11N3O4/c1-7-10(12(17)14(2)13-7)11(16)8-5-3-4-6-9(8)15(18)19/h3-6,17H,1-2H3. The summed E-state index contributed by atoms with van der Waals surface area (Å²) in [4.78, 5) is 22.6. The minimum absolute atomic E-state index is 0.0169. The van der Waals surface area contributed by atoms with Crippen LogP contribution >= 0.6 is 0 Å². The summed E-state index contributed by atoms with van der Waals surface area (Å²) in [5.41, 5.74) is -0.0611. The van der Waals surface area contributed by atoms with Crippen LogP contribution in [-0.2, 0) is 7.05 Å². The van der Waals surface area contributed by atoms with Gasteiger partial charge in [0.25, 0.3) is 5.69 Å². The maximum absolute atomic E-state index is 12.3. The van der Waals surface area contributed by atoms with E-state index in [9.17, 15) is 20.0 Å². The van der Waals surface area contributed by atoms with Gasteiger partial charge in [-0.15, -0.1) is 0 Å². The summed E-state index contributed by atoms with van der Waals surface area (Å²) in [6, 6.07) is 5.61. The van der Waals surface area contributed by atoms with Crippen molar-refractivity contribution in [3.8, 4) is 5.88 Å². The van der Waals surface area contributed by atoms with E-state index in [2.05, 4.69) is 5.10 Å². The number of hydrogen-bond donors (Lipinski definition) is 1. The molecule has 0 aliphatic heterocycles. The van der Waals surface area contributed by atoms with Gasteiger partial charge in [0.15, 0.2) is 0 Å². The minimum atomic E-state index is -0.629. The number of hydrogen-bond acceptors (Lipinski definition) is 5. The summed E-state index contributed by atoms with van der Waals surface area (Å²) in [7, 11) is 1.48. The number of aryl methyl sites for hydroxylation is 2.